The molecule has 1 unspecified atom stereocenters. The van der Waals surface area contributed by atoms with Gasteiger partial charge in [0.05, 0.1) is 11.5 Å². The molecule has 118 valence electrons. The Morgan fingerprint density at radius 2 is 2.00 bits per heavy atom. The fourth-order valence-corrected chi connectivity index (χ4v) is 4.14. The summed E-state index contributed by atoms with van der Waals surface area (Å²) in [6.45, 7) is 4.22. The first-order valence-electron chi connectivity index (χ1n) is 7.19. The lowest BCUT2D eigenvalue weighted by molar-refractivity contribution is 0.202. The number of hydrogen-bond donors (Lipinski definition) is 1. The summed E-state index contributed by atoms with van der Waals surface area (Å²) in [4.78, 5) is 0.352. The third-order valence-corrected chi connectivity index (χ3v) is 6.03. The van der Waals surface area contributed by atoms with Gasteiger partial charge >= 0.3 is 0 Å². The molecule has 0 aromatic heterocycles. The van der Waals surface area contributed by atoms with Gasteiger partial charge in [-0.15, -0.1) is 0 Å². The van der Waals surface area contributed by atoms with Crippen molar-refractivity contribution < 1.29 is 13.2 Å². The Balaban J connectivity index is 2.13. The Bertz CT molecular complexity index is 571. The van der Waals surface area contributed by atoms with Gasteiger partial charge in [0.2, 0.25) is 10.0 Å². The maximum atomic E-state index is 12.6. The summed E-state index contributed by atoms with van der Waals surface area (Å²) in [7, 11) is -1.76. The van der Waals surface area contributed by atoms with Crippen LogP contribution in [0, 0.1) is 5.41 Å². The zero-order valence-electron chi connectivity index (χ0n) is 12.7. The highest BCUT2D eigenvalue weighted by atomic mass is 32.2. The van der Waals surface area contributed by atoms with Crippen molar-refractivity contribution in [3.63, 3.8) is 0 Å². The van der Waals surface area contributed by atoms with Crippen molar-refractivity contribution in [1.29, 1.82) is 0 Å². The minimum Gasteiger partial charge on any atom is -0.384 e. The summed E-state index contributed by atoms with van der Waals surface area (Å²) in [6, 6.07) is 7.06. The lowest BCUT2D eigenvalue weighted by Crippen LogP contribution is -2.34. The monoisotopic (exact) mass is 312 g/mol. The van der Waals surface area contributed by atoms with Crippen LogP contribution in [0.1, 0.15) is 18.9 Å². The molecule has 0 spiro atoms. The molecule has 0 bridgehead atoms. The fourth-order valence-electron chi connectivity index (χ4n) is 2.55. The lowest BCUT2D eigenvalue weighted by Gasteiger charge is -2.22. The Kier molecular flexibility index (Phi) is 5.03. The Morgan fingerprint density at radius 1 is 1.33 bits per heavy atom. The molecule has 21 heavy (non-hydrogen) atoms. The van der Waals surface area contributed by atoms with Gasteiger partial charge in [-0.1, -0.05) is 19.1 Å². The summed E-state index contributed by atoms with van der Waals surface area (Å²) in [6.07, 6.45) is 1.60. The highest BCUT2D eigenvalue weighted by Crippen LogP contribution is 2.32. The predicted molar refractivity (Wildman–Crippen MR) is 82.6 cm³/mol. The van der Waals surface area contributed by atoms with Gasteiger partial charge in [-0.3, -0.25) is 0 Å². The molecule has 1 aromatic rings. The quantitative estimate of drug-likeness (QED) is 0.857. The van der Waals surface area contributed by atoms with Crippen molar-refractivity contribution in [1.82, 2.24) is 4.31 Å². The van der Waals surface area contributed by atoms with Gasteiger partial charge in [-0.25, -0.2) is 8.42 Å². The molecule has 0 aliphatic carbocycles. The fraction of sp³-hybridized carbons (Fsp3) is 0.600. The third kappa shape index (κ3) is 3.63. The van der Waals surface area contributed by atoms with Crippen LogP contribution in [0.4, 0.5) is 0 Å². The second-order valence-corrected chi connectivity index (χ2v) is 7.93. The Morgan fingerprint density at radius 3 is 2.52 bits per heavy atom. The lowest BCUT2D eigenvalue weighted by atomic mass is 9.90. The maximum absolute atomic E-state index is 12.6. The third-order valence-electron chi connectivity index (χ3n) is 4.17. The van der Waals surface area contributed by atoms with Gasteiger partial charge < -0.3 is 10.5 Å². The Labute approximate surface area is 127 Å². The number of sulfonamides is 1. The number of ether oxygens (including phenoxy) is 1. The van der Waals surface area contributed by atoms with Crippen LogP contribution >= 0.6 is 0 Å². The van der Waals surface area contributed by atoms with E-state index in [4.69, 9.17) is 10.5 Å². The van der Waals surface area contributed by atoms with Crippen LogP contribution in [0.5, 0.6) is 0 Å². The molecule has 0 radical (unpaired) electrons. The second-order valence-electron chi connectivity index (χ2n) is 5.99. The number of nitrogens with two attached hydrogens (primary N) is 1. The SMILES string of the molecule is COCCc1ccc(S(=O)(=O)N2CCC(C)(CN)C2)cc1. The maximum Gasteiger partial charge on any atom is 0.243 e. The summed E-state index contributed by atoms with van der Waals surface area (Å²) in [5.74, 6) is 0. The van der Waals surface area contributed by atoms with Crippen LogP contribution in [0.3, 0.4) is 0 Å². The highest BCUT2D eigenvalue weighted by Gasteiger charge is 2.38. The number of methoxy groups -OCH3 is 1. The van der Waals surface area contributed by atoms with Crippen molar-refractivity contribution in [2.24, 2.45) is 11.1 Å². The molecule has 0 saturated carbocycles. The van der Waals surface area contributed by atoms with Gasteiger partial charge in [0, 0.05) is 20.2 Å². The molecule has 0 amide bonds. The Hall–Kier alpha value is -0.950. The zero-order chi connectivity index (χ0) is 15.5. The first-order chi connectivity index (χ1) is 9.91. The van der Waals surface area contributed by atoms with Gasteiger partial charge in [0.15, 0.2) is 0 Å². The van der Waals surface area contributed by atoms with E-state index in [1.165, 1.54) is 0 Å². The number of nitrogens with zero attached hydrogens (tertiary/aromatic N) is 1. The second kappa shape index (κ2) is 6.44. The minimum absolute atomic E-state index is 0.106. The molecule has 1 heterocycles. The molecule has 2 N–H and O–H groups in total. The molecular formula is C15H24N2O3S. The van der Waals surface area contributed by atoms with E-state index in [2.05, 4.69) is 0 Å². The molecular weight excluding hydrogens is 288 g/mol. The van der Waals surface area contributed by atoms with Crippen LogP contribution in [0.25, 0.3) is 0 Å². The number of rotatable bonds is 6. The van der Waals surface area contributed by atoms with Crippen LogP contribution in [-0.4, -0.2) is 46.1 Å². The van der Waals surface area contributed by atoms with Gasteiger partial charge in [-0.2, -0.15) is 4.31 Å². The molecule has 1 fully saturated rings. The van der Waals surface area contributed by atoms with Crippen molar-refractivity contribution in [2.45, 2.75) is 24.7 Å². The molecule has 1 aromatic carbocycles. The van der Waals surface area contributed by atoms with Crippen molar-refractivity contribution in [2.75, 3.05) is 33.4 Å². The van der Waals surface area contributed by atoms with E-state index in [9.17, 15) is 8.42 Å². The number of benzene rings is 1. The van der Waals surface area contributed by atoms with Crippen LogP contribution in [-0.2, 0) is 21.2 Å². The van der Waals surface area contributed by atoms with E-state index in [0.717, 1.165) is 18.4 Å². The van der Waals surface area contributed by atoms with E-state index < -0.39 is 10.0 Å². The van der Waals surface area contributed by atoms with Gasteiger partial charge in [0.25, 0.3) is 0 Å². The zero-order valence-corrected chi connectivity index (χ0v) is 13.5. The molecule has 1 aliphatic heterocycles. The molecule has 1 aliphatic rings. The first-order valence-corrected chi connectivity index (χ1v) is 8.63. The van der Waals surface area contributed by atoms with E-state index in [1.807, 2.05) is 19.1 Å². The molecule has 2 rings (SSSR count). The van der Waals surface area contributed by atoms with Crippen LogP contribution in [0.2, 0.25) is 0 Å². The predicted octanol–water partition coefficient (Wildman–Crippen LogP) is 1.23. The van der Waals surface area contributed by atoms with Gasteiger partial charge in [0.1, 0.15) is 0 Å². The highest BCUT2D eigenvalue weighted by molar-refractivity contribution is 7.89. The van der Waals surface area contributed by atoms with Crippen LogP contribution < -0.4 is 5.73 Å². The molecule has 1 atom stereocenters. The standard InChI is InChI=1S/C15H24N2O3S/c1-15(11-16)8-9-17(12-15)21(18,19)14-5-3-13(4-6-14)7-10-20-2/h3-6H,7-12,16H2,1-2H3. The van der Waals surface area contributed by atoms with Gasteiger partial charge in [-0.05, 0) is 42.5 Å². The average molecular weight is 312 g/mol. The number of hydrogen-bond acceptors (Lipinski definition) is 4. The van der Waals surface area contributed by atoms with Crippen LogP contribution in [0.15, 0.2) is 29.2 Å². The summed E-state index contributed by atoms with van der Waals surface area (Å²) in [5.41, 5.74) is 6.71. The molecule has 6 heteroatoms. The summed E-state index contributed by atoms with van der Waals surface area (Å²) in [5, 5.41) is 0. The van der Waals surface area contributed by atoms with E-state index in [-0.39, 0.29) is 5.41 Å². The van der Waals surface area contributed by atoms with E-state index in [1.54, 1.807) is 23.5 Å². The summed E-state index contributed by atoms with van der Waals surface area (Å²) >= 11 is 0. The normalized spacial score (nSPS) is 23.6. The largest absolute Gasteiger partial charge is 0.384 e. The molecule has 5 nitrogen and oxygen atoms in total. The topological polar surface area (TPSA) is 72.6 Å². The van der Waals surface area contributed by atoms with Crippen molar-refractivity contribution in [3.05, 3.63) is 29.8 Å². The molecule has 1 saturated heterocycles. The van der Waals surface area contributed by atoms with E-state index in [0.29, 0.717) is 31.1 Å². The summed E-state index contributed by atoms with van der Waals surface area (Å²) < 4.78 is 31.8. The van der Waals surface area contributed by atoms with E-state index >= 15 is 0 Å². The average Bonchev–Trinajstić information content (AvgIpc) is 2.89. The minimum atomic E-state index is -3.41. The first kappa shape index (κ1) is 16.4. The smallest absolute Gasteiger partial charge is 0.243 e. The van der Waals surface area contributed by atoms with Crippen molar-refractivity contribution >= 4 is 10.0 Å². The van der Waals surface area contributed by atoms with Crippen molar-refractivity contribution in [3.8, 4) is 0 Å².